The van der Waals surface area contributed by atoms with E-state index in [9.17, 15) is 4.79 Å². The van der Waals surface area contributed by atoms with Crippen LogP contribution in [0.5, 0.6) is 0 Å². The topological polar surface area (TPSA) is 67.9 Å². The summed E-state index contributed by atoms with van der Waals surface area (Å²) in [4.78, 5) is 23.9. The number of carbonyl (C=O) groups is 1. The maximum Gasteiger partial charge on any atom is 0.319 e. The number of aryl methyl sites for hydroxylation is 1. The molecule has 5 heteroatoms. The van der Waals surface area contributed by atoms with Gasteiger partial charge in [0, 0.05) is 6.20 Å². The van der Waals surface area contributed by atoms with Gasteiger partial charge in [-0.3, -0.25) is 4.79 Å². The summed E-state index contributed by atoms with van der Waals surface area (Å²) in [5.41, 5.74) is 2.05. The lowest BCUT2D eigenvalue weighted by molar-refractivity contribution is -0.146. The fraction of sp³-hybridized carbons (Fsp3) is 0.462. The summed E-state index contributed by atoms with van der Waals surface area (Å²) in [5.74, 6) is 0.509. The maximum atomic E-state index is 12.0. The Bertz CT molecular complexity index is 614. The minimum atomic E-state index is -0.551. The second-order valence-electron chi connectivity index (χ2n) is 4.77. The highest BCUT2D eigenvalue weighted by molar-refractivity contribution is 5.86. The smallest absolute Gasteiger partial charge is 0.319 e. The monoisotopic (exact) mass is 245 g/mol. The van der Waals surface area contributed by atoms with Gasteiger partial charge in [0.2, 0.25) is 0 Å². The number of nitrogens with zero attached hydrogens (tertiary/aromatic N) is 2. The van der Waals surface area contributed by atoms with Crippen LogP contribution in [0.4, 0.5) is 0 Å². The number of hydrogen-bond acceptors (Lipinski definition) is 4. The van der Waals surface area contributed by atoms with Gasteiger partial charge < -0.3 is 9.72 Å². The summed E-state index contributed by atoms with van der Waals surface area (Å²) >= 11 is 0. The molecule has 0 aliphatic heterocycles. The first-order valence-corrected chi connectivity index (χ1v) is 6.16. The fourth-order valence-corrected chi connectivity index (χ4v) is 2.16. The zero-order valence-corrected chi connectivity index (χ0v) is 10.5. The minimum absolute atomic E-state index is 0.180. The highest BCUT2D eigenvalue weighted by Gasteiger charge is 2.55. The third kappa shape index (κ3) is 1.58. The van der Waals surface area contributed by atoms with Gasteiger partial charge in [-0.2, -0.15) is 0 Å². The van der Waals surface area contributed by atoms with Crippen LogP contribution in [-0.4, -0.2) is 27.5 Å². The first kappa shape index (κ1) is 11.2. The molecule has 2 aromatic rings. The molecule has 1 fully saturated rings. The number of H-pyrrole nitrogens is 1. The van der Waals surface area contributed by atoms with Crippen LogP contribution in [0.25, 0.3) is 11.2 Å². The van der Waals surface area contributed by atoms with Crippen molar-refractivity contribution in [2.24, 2.45) is 0 Å². The van der Waals surface area contributed by atoms with Crippen LogP contribution in [0.2, 0.25) is 0 Å². The van der Waals surface area contributed by atoms with E-state index >= 15 is 0 Å². The van der Waals surface area contributed by atoms with E-state index < -0.39 is 5.41 Å². The van der Waals surface area contributed by atoms with E-state index in [0.717, 1.165) is 23.9 Å². The minimum Gasteiger partial charge on any atom is -0.465 e. The van der Waals surface area contributed by atoms with Gasteiger partial charge in [0.15, 0.2) is 5.65 Å². The Morgan fingerprint density at radius 1 is 1.56 bits per heavy atom. The Labute approximate surface area is 105 Å². The molecule has 1 aliphatic carbocycles. The molecule has 1 saturated carbocycles. The van der Waals surface area contributed by atoms with E-state index in [1.54, 1.807) is 6.20 Å². The fourth-order valence-electron chi connectivity index (χ4n) is 2.16. The van der Waals surface area contributed by atoms with Crippen molar-refractivity contribution < 1.29 is 9.53 Å². The van der Waals surface area contributed by atoms with E-state index in [-0.39, 0.29) is 5.97 Å². The number of ether oxygens (including phenoxy) is 1. The molecule has 0 spiro atoms. The predicted molar refractivity (Wildman–Crippen MR) is 66.2 cm³/mol. The van der Waals surface area contributed by atoms with Crippen LogP contribution in [0.15, 0.2) is 12.3 Å². The molecule has 1 N–H and O–H groups in total. The summed E-state index contributed by atoms with van der Waals surface area (Å²) in [6, 6.07) is 1.99. The van der Waals surface area contributed by atoms with Gasteiger partial charge >= 0.3 is 5.97 Å². The van der Waals surface area contributed by atoms with Crippen LogP contribution in [0, 0.1) is 6.92 Å². The van der Waals surface area contributed by atoms with Gasteiger partial charge in [0.1, 0.15) is 11.2 Å². The molecule has 0 atom stereocenters. The molecule has 18 heavy (non-hydrogen) atoms. The third-order valence-corrected chi connectivity index (χ3v) is 3.34. The van der Waals surface area contributed by atoms with Crippen LogP contribution in [0.3, 0.4) is 0 Å². The van der Waals surface area contributed by atoms with Gasteiger partial charge in [0.25, 0.3) is 0 Å². The quantitative estimate of drug-likeness (QED) is 0.838. The first-order chi connectivity index (χ1) is 8.65. The second-order valence-corrected chi connectivity index (χ2v) is 4.77. The van der Waals surface area contributed by atoms with E-state index in [0.29, 0.717) is 18.1 Å². The summed E-state index contributed by atoms with van der Waals surface area (Å²) in [5, 5.41) is 0. The lowest BCUT2D eigenvalue weighted by atomic mass is 10.1. The Morgan fingerprint density at radius 2 is 2.33 bits per heavy atom. The average Bonchev–Trinajstić information content (AvgIpc) is 3.05. The molecule has 0 unspecified atom stereocenters. The number of aromatic nitrogens is 3. The van der Waals surface area contributed by atoms with Gasteiger partial charge in [0.05, 0.1) is 12.1 Å². The number of esters is 1. The van der Waals surface area contributed by atoms with E-state index in [2.05, 4.69) is 15.0 Å². The van der Waals surface area contributed by atoms with Crippen molar-refractivity contribution in [2.45, 2.75) is 32.1 Å². The summed E-state index contributed by atoms with van der Waals surface area (Å²) in [6.07, 6.45) is 3.37. The molecular formula is C13H15N3O2. The van der Waals surface area contributed by atoms with Crippen molar-refractivity contribution in [3.05, 3.63) is 23.7 Å². The van der Waals surface area contributed by atoms with Gasteiger partial charge in [-0.1, -0.05) is 0 Å². The van der Waals surface area contributed by atoms with E-state index in [4.69, 9.17) is 4.74 Å². The van der Waals surface area contributed by atoms with Crippen LogP contribution in [0.1, 0.15) is 31.2 Å². The lowest BCUT2D eigenvalue weighted by Crippen LogP contribution is -2.24. The number of pyridine rings is 1. The number of nitrogens with one attached hydrogen (secondary N) is 1. The zero-order valence-electron chi connectivity index (χ0n) is 10.5. The molecule has 2 heterocycles. The molecule has 0 aromatic carbocycles. The Balaban J connectivity index is 2.02. The molecule has 0 radical (unpaired) electrons. The van der Waals surface area contributed by atoms with Crippen LogP contribution >= 0.6 is 0 Å². The van der Waals surface area contributed by atoms with Gasteiger partial charge in [-0.05, 0) is 38.3 Å². The number of fused-ring (bicyclic) bond motifs is 1. The number of aromatic amines is 1. The molecular weight excluding hydrogens is 230 g/mol. The van der Waals surface area contributed by atoms with Crippen molar-refractivity contribution in [1.29, 1.82) is 0 Å². The Hall–Kier alpha value is -1.91. The average molecular weight is 245 g/mol. The molecule has 94 valence electrons. The Kier molecular flexibility index (Phi) is 2.36. The van der Waals surface area contributed by atoms with Crippen molar-refractivity contribution in [3.8, 4) is 0 Å². The third-order valence-electron chi connectivity index (χ3n) is 3.34. The molecule has 3 rings (SSSR count). The SMILES string of the molecule is CCOC(=O)C1(c2nc3ncc(C)cc3[nH]2)CC1. The first-order valence-electron chi connectivity index (χ1n) is 6.16. The van der Waals surface area contributed by atoms with E-state index in [1.807, 2.05) is 19.9 Å². The highest BCUT2D eigenvalue weighted by Crippen LogP contribution is 2.48. The second kappa shape index (κ2) is 3.80. The van der Waals surface area contributed by atoms with Crippen LogP contribution in [-0.2, 0) is 14.9 Å². The zero-order chi connectivity index (χ0) is 12.8. The van der Waals surface area contributed by atoms with E-state index in [1.165, 1.54) is 0 Å². The van der Waals surface area contributed by atoms with Crippen molar-refractivity contribution in [3.63, 3.8) is 0 Å². The van der Waals surface area contributed by atoms with Crippen molar-refractivity contribution in [1.82, 2.24) is 15.0 Å². The molecule has 0 saturated heterocycles. The summed E-state index contributed by atoms with van der Waals surface area (Å²) in [6.45, 7) is 4.20. The molecule has 2 aromatic heterocycles. The van der Waals surface area contributed by atoms with Crippen molar-refractivity contribution in [2.75, 3.05) is 6.61 Å². The lowest BCUT2D eigenvalue weighted by Gasteiger charge is -2.10. The van der Waals surface area contributed by atoms with Gasteiger partial charge in [-0.15, -0.1) is 0 Å². The van der Waals surface area contributed by atoms with Crippen molar-refractivity contribution >= 4 is 17.1 Å². The largest absolute Gasteiger partial charge is 0.465 e. The number of imidazole rings is 1. The molecule has 0 amide bonds. The van der Waals surface area contributed by atoms with Gasteiger partial charge in [-0.25, -0.2) is 9.97 Å². The molecule has 1 aliphatic rings. The highest BCUT2D eigenvalue weighted by atomic mass is 16.5. The normalized spacial score (nSPS) is 16.8. The number of carbonyl (C=O) groups excluding carboxylic acids is 1. The molecule has 5 nitrogen and oxygen atoms in total. The van der Waals surface area contributed by atoms with Crippen LogP contribution < -0.4 is 0 Å². The summed E-state index contributed by atoms with van der Waals surface area (Å²) < 4.78 is 5.12. The standard InChI is InChI=1S/C13H15N3O2/c1-3-18-12(17)13(4-5-13)11-15-9-6-8(2)7-14-10(9)16-11/h6-7H,3-5H2,1-2H3,(H,14,15,16). The number of rotatable bonds is 3. The predicted octanol–water partition coefficient (Wildman–Crippen LogP) is 1.86. The number of hydrogen-bond donors (Lipinski definition) is 1. The Morgan fingerprint density at radius 3 is 3.00 bits per heavy atom. The summed E-state index contributed by atoms with van der Waals surface area (Å²) in [7, 11) is 0. The molecule has 0 bridgehead atoms. The maximum absolute atomic E-state index is 12.0.